The summed E-state index contributed by atoms with van der Waals surface area (Å²) in [6.45, 7) is -0.196. The monoisotopic (exact) mass is 389 g/mol. The Hall–Kier alpha value is -2.68. The molecular weight excluding hydrogens is 375 g/mol. The van der Waals surface area contributed by atoms with Gasteiger partial charge in [0, 0.05) is 57.2 Å². The predicted octanol–water partition coefficient (Wildman–Crippen LogP) is 4.99. The number of rotatable bonds is 4. The minimum absolute atomic E-state index is 0.152. The quantitative estimate of drug-likeness (QED) is 0.516. The summed E-state index contributed by atoms with van der Waals surface area (Å²) in [5.41, 5.74) is -0.0706. The van der Waals surface area contributed by atoms with E-state index in [4.69, 9.17) is 0 Å². The van der Waals surface area contributed by atoms with Gasteiger partial charge in [-0.1, -0.05) is 0 Å². The molecule has 2 N–H and O–H groups in total. The fourth-order valence-corrected chi connectivity index (χ4v) is 4.23. The van der Waals surface area contributed by atoms with E-state index in [0.29, 0.717) is 5.65 Å². The number of hydrogen-bond donors (Lipinski definition) is 2. The molecule has 4 aromatic heterocycles. The molecule has 0 amide bonds. The topological polar surface area (TPSA) is 66.5 Å². The van der Waals surface area contributed by atoms with Crippen molar-refractivity contribution in [3.05, 3.63) is 36.9 Å². The van der Waals surface area contributed by atoms with Crippen LogP contribution in [0.2, 0.25) is 0 Å². The first-order valence-corrected chi connectivity index (χ1v) is 9.26. The van der Waals surface area contributed by atoms with Crippen LogP contribution in [0.1, 0.15) is 12.8 Å². The lowest BCUT2D eigenvalue weighted by atomic mass is 10.1. The zero-order chi connectivity index (χ0) is 18.6. The number of pyridine rings is 1. The van der Waals surface area contributed by atoms with E-state index in [9.17, 15) is 13.2 Å². The number of nitrogens with zero attached hydrogens (tertiary/aromatic N) is 3. The highest BCUT2D eigenvalue weighted by Gasteiger charge is 2.62. The van der Waals surface area contributed by atoms with Crippen molar-refractivity contribution < 1.29 is 13.2 Å². The molecule has 27 heavy (non-hydrogen) atoms. The second-order valence-electron chi connectivity index (χ2n) is 6.81. The van der Waals surface area contributed by atoms with Crippen LogP contribution >= 0.6 is 11.3 Å². The Balaban J connectivity index is 1.43. The molecule has 1 saturated carbocycles. The number of aromatic amines is 1. The third-order valence-corrected chi connectivity index (χ3v) is 6.20. The lowest BCUT2D eigenvalue weighted by molar-refractivity contribution is -0.182. The van der Waals surface area contributed by atoms with Crippen molar-refractivity contribution in [2.24, 2.45) is 5.41 Å². The number of H-pyrrole nitrogens is 1. The van der Waals surface area contributed by atoms with Crippen LogP contribution in [0.25, 0.3) is 31.6 Å². The number of nitrogens with one attached hydrogen (secondary N) is 2. The van der Waals surface area contributed by atoms with Gasteiger partial charge in [0.1, 0.15) is 5.65 Å². The first kappa shape index (κ1) is 16.5. The molecular formula is C18H14F3N5S. The number of aromatic nitrogens is 4. The molecule has 4 aromatic rings. The van der Waals surface area contributed by atoms with Crippen LogP contribution in [0.4, 0.5) is 19.1 Å². The molecule has 9 heteroatoms. The molecule has 138 valence electrons. The molecule has 0 spiro atoms. The van der Waals surface area contributed by atoms with E-state index in [-0.39, 0.29) is 25.3 Å². The largest absolute Gasteiger partial charge is 0.396 e. The second-order valence-corrected chi connectivity index (χ2v) is 7.90. The molecule has 4 heterocycles. The van der Waals surface area contributed by atoms with E-state index < -0.39 is 11.6 Å². The summed E-state index contributed by atoms with van der Waals surface area (Å²) in [6, 6.07) is 4.02. The average Bonchev–Trinajstić information content (AvgIpc) is 3.16. The summed E-state index contributed by atoms with van der Waals surface area (Å²) in [5, 5.41) is 4.64. The van der Waals surface area contributed by atoms with E-state index in [1.54, 1.807) is 23.7 Å². The molecule has 0 saturated heterocycles. The molecule has 1 aliphatic carbocycles. The highest BCUT2D eigenvalue weighted by Crippen LogP contribution is 2.57. The lowest BCUT2D eigenvalue weighted by Crippen LogP contribution is -2.31. The highest BCUT2D eigenvalue weighted by molar-refractivity contribution is 7.22. The van der Waals surface area contributed by atoms with E-state index >= 15 is 0 Å². The maximum Gasteiger partial charge on any atom is 0.396 e. The van der Waals surface area contributed by atoms with Gasteiger partial charge in [0.25, 0.3) is 0 Å². The predicted molar refractivity (Wildman–Crippen MR) is 98.7 cm³/mol. The summed E-state index contributed by atoms with van der Waals surface area (Å²) in [6.07, 6.45) is 3.17. The number of anilines is 1. The Morgan fingerprint density at radius 1 is 1.26 bits per heavy atom. The van der Waals surface area contributed by atoms with Gasteiger partial charge in [0.15, 0.2) is 0 Å². The third-order valence-electron chi connectivity index (χ3n) is 5.05. The van der Waals surface area contributed by atoms with E-state index in [1.165, 1.54) is 0 Å². The maximum absolute atomic E-state index is 13.0. The van der Waals surface area contributed by atoms with Gasteiger partial charge in [0.2, 0.25) is 5.95 Å². The van der Waals surface area contributed by atoms with Crippen LogP contribution in [-0.4, -0.2) is 32.7 Å². The Labute approximate surface area is 155 Å². The molecule has 0 aromatic carbocycles. The van der Waals surface area contributed by atoms with E-state index in [1.807, 2.05) is 18.5 Å². The maximum atomic E-state index is 13.0. The van der Waals surface area contributed by atoms with Gasteiger partial charge in [-0.3, -0.25) is 4.98 Å². The molecule has 0 aliphatic heterocycles. The second kappa shape index (κ2) is 5.66. The smallest absolute Gasteiger partial charge is 0.353 e. The van der Waals surface area contributed by atoms with Crippen molar-refractivity contribution in [2.75, 3.05) is 11.9 Å². The summed E-state index contributed by atoms with van der Waals surface area (Å²) in [7, 11) is 0. The SMILES string of the molecule is FC(F)(F)C1(CNc2ncc3c(-c4cc5cnccc5s4)c[nH]c3n2)CC1. The van der Waals surface area contributed by atoms with Crippen molar-refractivity contribution in [2.45, 2.75) is 19.0 Å². The molecule has 0 bridgehead atoms. The van der Waals surface area contributed by atoms with Crippen molar-refractivity contribution >= 4 is 38.4 Å². The molecule has 5 nitrogen and oxygen atoms in total. The Kier molecular flexibility index (Phi) is 3.45. The molecule has 0 atom stereocenters. The van der Waals surface area contributed by atoms with Crippen molar-refractivity contribution in [3.8, 4) is 10.4 Å². The van der Waals surface area contributed by atoms with Gasteiger partial charge in [-0.05, 0) is 25.0 Å². The van der Waals surface area contributed by atoms with Gasteiger partial charge < -0.3 is 10.3 Å². The Morgan fingerprint density at radius 3 is 2.85 bits per heavy atom. The lowest BCUT2D eigenvalue weighted by Gasteiger charge is -2.19. The third kappa shape index (κ3) is 2.73. The van der Waals surface area contributed by atoms with Gasteiger partial charge >= 0.3 is 6.18 Å². The van der Waals surface area contributed by atoms with Crippen molar-refractivity contribution in [1.82, 2.24) is 19.9 Å². The van der Waals surface area contributed by atoms with Crippen LogP contribution in [-0.2, 0) is 0 Å². The van der Waals surface area contributed by atoms with Gasteiger partial charge in [-0.15, -0.1) is 11.3 Å². The average molecular weight is 389 g/mol. The Bertz CT molecular complexity index is 1110. The minimum atomic E-state index is -4.19. The number of alkyl halides is 3. The van der Waals surface area contributed by atoms with Crippen molar-refractivity contribution in [3.63, 3.8) is 0 Å². The summed E-state index contributed by atoms with van der Waals surface area (Å²) in [5.74, 6) is 0.201. The Morgan fingerprint density at radius 2 is 2.11 bits per heavy atom. The van der Waals surface area contributed by atoms with Crippen LogP contribution < -0.4 is 5.32 Å². The standard InChI is InChI=1S/C18H14F3N5S/c19-18(20,21)17(2-3-17)9-25-16-24-8-12-11(7-23-15(12)26-16)14-5-10-6-22-4-1-13(10)27-14/h1,4-8H,2-3,9H2,(H2,23,24,25,26). The normalized spacial score (nSPS) is 16.1. The van der Waals surface area contributed by atoms with Gasteiger partial charge in [-0.2, -0.15) is 18.2 Å². The van der Waals surface area contributed by atoms with Gasteiger partial charge in [0.05, 0.1) is 5.41 Å². The molecule has 0 unspecified atom stereocenters. The fourth-order valence-electron chi connectivity index (χ4n) is 3.17. The van der Waals surface area contributed by atoms with Crippen LogP contribution in [0, 0.1) is 5.41 Å². The number of halogens is 3. The minimum Gasteiger partial charge on any atom is -0.353 e. The van der Waals surface area contributed by atoms with Crippen molar-refractivity contribution in [1.29, 1.82) is 0 Å². The van der Waals surface area contributed by atoms with Crippen LogP contribution in [0.5, 0.6) is 0 Å². The van der Waals surface area contributed by atoms with Gasteiger partial charge in [-0.25, -0.2) is 4.98 Å². The molecule has 5 rings (SSSR count). The summed E-state index contributed by atoms with van der Waals surface area (Å²) in [4.78, 5) is 16.8. The molecule has 0 radical (unpaired) electrons. The van der Waals surface area contributed by atoms with Crippen LogP contribution in [0.3, 0.4) is 0 Å². The first-order valence-electron chi connectivity index (χ1n) is 8.44. The number of fused-ring (bicyclic) bond motifs is 2. The number of hydrogen-bond acceptors (Lipinski definition) is 5. The highest BCUT2D eigenvalue weighted by atomic mass is 32.1. The van der Waals surface area contributed by atoms with E-state index in [2.05, 4.69) is 31.3 Å². The van der Waals surface area contributed by atoms with E-state index in [0.717, 1.165) is 25.9 Å². The number of thiophene rings is 1. The zero-order valence-corrected chi connectivity index (χ0v) is 14.8. The van der Waals surface area contributed by atoms with Crippen LogP contribution in [0.15, 0.2) is 36.9 Å². The summed E-state index contributed by atoms with van der Waals surface area (Å²) >= 11 is 1.64. The molecule has 1 aliphatic rings. The summed E-state index contributed by atoms with van der Waals surface area (Å²) < 4.78 is 40.3. The molecule has 1 fully saturated rings. The first-order chi connectivity index (χ1) is 13.0. The fraction of sp³-hybridized carbons (Fsp3) is 0.278. The zero-order valence-electron chi connectivity index (χ0n) is 14.0.